The summed E-state index contributed by atoms with van der Waals surface area (Å²) in [5, 5.41) is 5.41. The van der Waals surface area contributed by atoms with E-state index in [1.807, 2.05) is 48.5 Å². The van der Waals surface area contributed by atoms with E-state index in [1.54, 1.807) is 10.9 Å². The fraction of sp³-hybridized carbons (Fsp3) is 0.409. The minimum atomic E-state index is 0.0268. The lowest BCUT2D eigenvalue weighted by Crippen LogP contribution is -2.61. The quantitative estimate of drug-likeness (QED) is 0.663. The summed E-state index contributed by atoms with van der Waals surface area (Å²) in [6.07, 6.45) is 3.73. The lowest BCUT2D eigenvalue weighted by Gasteiger charge is -2.45. The van der Waals surface area contributed by atoms with Gasteiger partial charge in [0.2, 0.25) is 0 Å². The molecule has 6 nitrogen and oxygen atoms in total. The summed E-state index contributed by atoms with van der Waals surface area (Å²) < 4.78 is 1.79. The van der Waals surface area contributed by atoms with Gasteiger partial charge < -0.3 is 4.90 Å². The molecule has 0 N–H and O–H groups in total. The first-order chi connectivity index (χ1) is 13.5. The summed E-state index contributed by atoms with van der Waals surface area (Å²) in [6.45, 7) is 7.84. The van der Waals surface area contributed by atoms with Gasteiger partial charge in [0.15, 0.2) is 5.69 Å². The third-order valence-electron chi connectivity index (χ3n) is 5.33. The Morgan fingerprint density at radius 3 is 2.71 bits per heavy atom. The highest BCUT2D eigenvalue weighted by atomic mass is 16.2. The van der Waals surface area contributed by atoms with Crippen LogP contribution in [0.2, 0.25) is 0 Å². The number of pyridine rings is 1. The number of amides is 1. The van der Waals surface area contributed by atoms with Crippen LogP contribution < -0.4 is 0 Å². The molecule has 3 heterocycles. The summed E-state index contributed by atoms with van der Waals surface area (Å²) in [6, 6.07) is 12.4. The molecule has 0 unspecified atom stereocenters. The van der Waals surface area contributed by atoms with Crippen LogP contribution in [0, 0.1) is 5.92 Å². The van der Waals surface area contributed by atoms with Crippen LogP contribution in [-0.2, 0) is 13.6 Å². The molecule has 28 heavy (non-hydrogen) atoms. The monoisotopic (exact) mass is 377 g/mol. The van der Waals surface area contributed by atoms with Crippen molar-refractivity contribution in [1.29, 1.82) is 0 Å². The standard InChI is InChI=1S/C22H27N5O/c1-16(2)12-26(13-17-7-6-10-23-11-17)18-14-27(15-18)22(28)21-19-8-4-5-9-20(19)25(3)24-21/h4-11,16,18H,12-15H2,1-3H3. The number of rotatable bonds is 6. The maximum absolute atomic E-state index is 13.0. The topological polar surface area (TPSA) is 54.3 Å². The van der Waals surface area contributed by atoms with Crippen molar-refractivity contribution in [3.05, 3.63) is 60.0 Å². The van der Waals surface area contributed by atoms with Crippen LogP contribution in [0.4, 0.5) is 0 Å². The molecular weight excluding hydrogens is 350 g/mol. The van der Waals surface area contributed by atoms with E-state index in [0.717, 1.165) is 37.1 Å². The maximum atomic E-state index is 13.0. The molecule has 0 aliphatic carbocycles. The number of fused-ring (bicyclic) bond motifs is 1. The van der Waals surface area contributed by atoms with Crippen LogP contribution in [0.3, 0.4) is 0 Å². The first kappa shape index (κ1) is 18.6. The minimum Gasteiger partial charge on any atom is -0.334 e. The summed E-state index contributed by atoms with van der Waals surface area (Å²) >= 11 is 0. The van der Waals surface area contributed by atoms with Gasteiger partial charge in [-0.25, -0.2) is 0 Å². The molecule has 4 rings (SSSR count). The van der Waals surface area contributed by atoms with E-state index in [0.29, 0.717) is 17.7 Å². The Morgan fingerprint density at radius 1 is 1.21 bits per heavy atom. The van der Waals surface area contributed by atoms with Gasteiger partial charge in [-0.15, -0.1) is 0 Å². The molecule has 0 saturated carbocycles. The predicted octanol–water partition coefficient (Wildman–Crippen LogP) is 2.95. The van der Waals surface area contributed by atoms with Gasteiger partial charge in [-0.05, 0) is 23.6 Å². The van der Waals surface area contributed by atoms with E-state index < -0.39 is 0 Å². The molecule has 3 aromatic rings. The molecule has 1 amide bonds. The maximum Gasteiger partial charge on any atom is 0.275 e. The summed E-state index contributed by atoms with van der Waals surface area (Å²) in [4.78, 5) is 21.6. The number of aromatic nitrogens is 3. The Morgan fingerprint density at radius 2 is 2.00 bits per heavy atom. The largest absolute Gasteiger partial charge is 0.334 e. The van der Waals surface area contributed by atoms with E-state index in [4.69, 9.17) is 0 Å². The molecule has 0 atom stereocenters. The van der Waals surface area contributed by atoms with Gasteiger partial charge in [-0.2, -0.15) is 5.10 Å². The van der Waals surface area contributed by atoms with Crippen LogP contribution >= 0.6 is 0 Å². The first-order valence-corrected chi connectivity index (χ1v) is 9.87. The Kier molecular flexibility index (Phi) is 5.13. The number of likely N-dealkylation sites (tertiary alicyclic amines) is 1. The van der Waals surface area contributed by atoms with Gasteiger partial charge in [-0.3, -0.25) is 19.4 Å². The van der Waals surface area contributed by atoms with Crippen molar-refractivity contribution in [3.63, 3.8) is 0 Å². The first-order valence-electron chi connectivity index (χ1n) is 9.87. The van der Waals surface area contributed by atoms with E-state index >= 15 is 0 Å². The fourth-order valence-corrected chi connectivity index (χ4v) is 3.91. The summed E-state index contributed by atoms with van der Waals surface area (Å²) in [5.74, 6) is 0.597. The molecular formula is C22H27N5O. The molecule has 0 spiro atoms. The highest BCUT2D eigenvalue weighted by Crippen LogP contribution is 2.24. The molecule has 2 aromatic heterocycles. The third kappa shape index (κ3) is 3.64. The van der Waals surface area contributed by atoms with Crippen LogP contribution in [0.5, 0.6) is 0 Å². The highest BCUT2D eigenvalue weighted by Gasteiger charge is 2.36. The molecule has 0 radical (unpaired) electrons. The Balaban J connectivity index is 1.46. The number of carbonyl (C=O) groups excluding carboxylic acids is 1. The van der Waals surface area contributed by atoms with Crippen molar-refractivity contribution in [3.8, 4) is 0 Å². The van der Waals surface area contributed by atoms with Crippen LogP contribution in [0.15, 0.2) is 48.8 Å². The molecule has 1 aliphatic heterocycles. The zero-order valence-corrected chi connectivity index (χ0v) is 16.7. The van der Waals surface area contributed by atoms with Crippen molar-refractivity contribution < 1.29 is 4.79 Å². The lowest BCUT2D eigenvalue weighted by molar-refractivity contribution is 0.0194. The smallest absolute Gasteiger partial charge is 0.275 e. The number of hydrogen-bond acceptors (Lipinski definition) is 4. The molecule has 1 fully saturated rings. The molecule has 1 aromatic carbocycles. The predicted molar refractivity (Wildman–Crippen MR) is 110 cm³/mol. The molecule has 0 bridgehead atoms. The lowest BCUT2D eigenvalue weighted by atomic mass is 10.0. The van der Waals surface area contributed by atoms with Gasteiger partial charge in [0.25, 0.3) is 5.91 Å². The van der Waals surface area contributed by atoms with Crippen molar-refractivity contribution in [1.82, 2.24) is 24.6 Å². The second-order valence-electron chi connectivity index (χ2n) is 8.04. The fourth-order valence-electron chi connectivity index (χ4n) is 3.91. The Labute approximate surface area is 165 Å². The van der Waals surface area contributed by atoms with Crippen LogP contribution in [-0.4, -0.2) is 56.1 Å². The van der Waals surface area contributed by atoms with E-state index in [-0.39, 0.29) is 5.91 Å². The molecule has 146 valence electrons. The molecule has 1 saturated heterocycles. The molecule has 1 aliphatic rings. The van der Waals surface area contributed by atoms with E-state index in [1.165, 1.54) is 5.56 Å². The third-order valence-corrected chi connectivity index (χ3v) is 5.33. The molecule has 6 heteroatoms. The van der Waals surface area contributed by atoms with Crippen molar-refractivity contribution >= 4 is 16.8 Å². The number of carbonyl (C=O) groups is 1. The average Bonchev–Trinajstić information content (AvgIpc) is 2.98. The second-order valence-corrected chi connectivity index (χ2v) is 8.04. The second kappa shape index (κ2) is 7.72. The average molecular weight is 377 g/mol. The number of aryl methyl sites for hydroxylation is 1. The van der Waals surface area contributed by atoms with Gasteiger partial charge in [0.05, 0.1) is 5.52 Å². The summed E-state index contributed by atoms with van der Waals surface area (Å²) in [7, 11) is 1.89. The highest BCUT2D eigenvalue weighted by molar-refractivity contribution is 6.05. The summed E-state index contributed by atoms with van der Waals surface area (Å²) in [5.41, 5.74) is 2.75. The minimum absolute atomic E-state index is 0.0268. The van der Waals surface area contributed by atoms with E-state index in [2.05, 4.69) is 34.9 Å². The Bertz CT molecular complexity index is 959. The van der Waals surface area contributed by atoms with E-state index in [9.17, 15) is 4.79 Å². The van der Waals surface area contributed by atoms with Crippen molar-refractivity contribution in [2.24, 2.45) is 13.0 Å². The van der Waals surface area contributed by atoms with Crippen LogP contribution in [0.1, 0.15) is 29.9 Å². The number of para-hydroxylation sites is 1. The van der Waals surface area contributed by atoms with Crippen molar-refractivity contribution in [2.75, 3.05) is 19.6 Å². The Hall–Kier alpha value is -2.73. The number of benzene rings is 1. The number of nitrogens with zero attached hydrogens (tertiary/aromatic N) is 5. The van der Waals surface area contributed by atoms with Crippen molar-refractivity contribution in [2.45, 2.75) is 26.4 Å². The normalized spacial score (nSPS) is 14.8. The van der Waals surface area contributed by atoms with Gasteiger partial charge in [0, 0.05) is 57.0 Å². The van der Waals surface area contributed by atoms with Gasteiger partial charge in [0.1, 0.15) is 0 Å². The van der Waals surface area contributed by atoms with Gasteiger partial charge >= 0.3 is 0 Å². The number of hydrogen-bond donors (Lipinski definition) is 0. The zero-order chi connectivity index (χ0) is 19.7. The van der Waals surface area contributed by atoms with Crippen LogP contribution in [0.25, 0.3) is 10.9 Å². The van der Waals surface area contributed by atoms with Gasteiger partial charge in [-0.1, -0.05) is 38.1 Å². The SMILES string of the molecule is CC(C)CN(Cc1cccnc1)C1CN(C(=O)c2nn(C)c3ccccc23)C1. The zero-order valence-electron chi connectivity index (χ0n) is 16.7.